The summed E-state index contributed by atoms with van der Waals surface area (Å²) in [5, 5.41) is 9.69. The number of nitrogen functional groups attached to an aromatic ring is 1. The van der Waals surface area contributed by atoms with E-state index in [0.29, 0.717) is 23.4 Å². The fourth-order valence-corrected chi connectivity index (χ4v) is 4.60. The third-order valence-electron chi connectivity index (χ3n) is 5.88. The maximum Gasteiger partial charge on any atom is 0.326 e. The molecule has 27 heavy (non-hydrogen) atoms. The van der Waals surface area contributed by atoms with Crippen molar-refractivity contribution in [1.29, 1.82) is 0 Å². The molecule has 6 heteroatoms. The highest BCUT2D eigenvalue weighted by Crippen LogP contribution is 2.41. The van der Waals surface area contributed by atoms with Crippen LogP contribution in [0.25, 0.3) is 11.3 Å². The number of carbonyl (C=O) groups excluding carboxylic acids is 1. The molecular formula is C21H23N3O3. The number of hydrogen-bond donors (Lipinski definition) is 2. The molecule has 2 aromatic rings. The summed E-state index contributed by atoms with van der Waals surface area (Å²) in [7, 11) is 0. The minimum atomic E-state index is -0.936. The summed E-state index contributed by atoms with van der Waals surface area (Å²) in [6.45, 7) is 0. The third-order valence-corrected chi connectivity index (χ3v) is 5.88. The van der Waals surface area contributed by atoms with Crippen molar-refractivity contribution in [2.75, 3.05) is 5.73 Å². The van der Waals surface area contributed by atoms with E-state index in [1.807, 2.05) is 30.3 Å². The summed E-state index contributed by atoms with van der Waals surface area (Å²) in [4.78, 5) is 31.1. The highest BCUT2D eigenvalue weighted by Gasteiger charge is 2.48. The van der Waals surface area contributed by atoms with Crippen molar-refractivity contribution in [1.82, 2.24) is 9.88 Å². The molecule has 1 aromatic heterocycles. The first-order valence-corrected chi connectivity index (χ1v) is 9.43. The van der Waals surface area contributed by atoms with Crippen LogP contribution < -0.4 is 5.73 Å². The van der Waals surface area contributed by atoms with Gasteiger partial charge in [-0.05, 0) is 31.2 Å². The Kier molecular flexibility index (Phi) is 4.56. The molecule has 1 saturated heterocycles. The molecule has 140 valence electrons. The molecule has 0 spiro atoms. The van der Waals surface area contributed by atoms with Crippen LogP contribution in [0.3, 0.4) is 0 Å². The average molecular weight is 365 g/mol. The fourth-order valence-electron chi connectivity index (χ4n) is 4.60. The Bertz CT molecular complexity index is 868. The van der Waals surface area contributed by atoms with Crippen LogP contribution in [0.4, 0.5) is 5.69 Å². The number of amides is 1. The number of carboxylic acid groups (broad SMARTS) is 1. The van der Waals surface area contributed by atoms with E-state index in [4.69, 9.17) is 5.73 Å². The van der Waals surface area contributed by atoms with Crippen molar-refractivity contribution < 1.29 is 14.7 Å². The first-order chi connectivity index (χ1) is 13.1. The van der Waals surface area contributed by atoms with Gasteiger partial charge in [0.05, 0.1) is 16.9 Å². The molecule has 3 unspecified atom stereocenters. The summed E-state index contributed by atoms with van der Waals surface area (Å²) in [6.07, 6.45) is 6.07. The number of benzene rings is 1. The summed E-state index contributed by atoms with van der Waals surface area (Å²) >= 11 is 0. The minimum Gasteiger partial charge on any atom is -0.480 e. The average Bonchev–Trinajstić information content (AvgIpc) is 3.08. The Hall–Kier alpha value is -2.89. The number of aromatic nitrogens is 1. The molecular weight excluding hydrogens is 342 g/mol. The number of hydrogen-bond acceptors (Lipinski definition) is 4. The number of nitrogens with zero attached hydrogens (tertiary/aromatic N) is 2. The zero-order valence-electron chi connectivity index (χ0n) is 15.0. The predicted molar refractivity (Wildman–Crippen MR) is 102 cm³/mol. The van der Waals surface area contributed by atoms with Gasteiger partial charge in [-0.15, -0.1) is 0 Å². The molecule has 3 N–H and O–H groups in total. The molecule has 2 fully saturated rings. The molecule has 1 aliphatic carbocycles. The molecule has 2 aliphatic rings. The van der Waals surface area contributed by atoms with E-state index in [-0.39, 0.29) is 17.9 Å². The van der Waals surface area contributed by atoms with Gasteiger partial charge in [-0.25, -0.2) is 4.79 Å². The first-order valence-electron chi connectivity index (χ1n) is 9.43. The fraction of sp³-hybridized carbons (Fsp3) is 0.381. The highest BCUT2D eigenvalue weighted by atomic mass is 16.4. The Morgan fingerprint density at radius 2 is 1.85 bits per heavy atom. The monoisotopic (exact) mass is 365 g/mol. The lowest BCUT2D eigenvalue weighted by Gasteiger charge is -2.33. The SMILES string of the molecule is Nc1c(C(=O)N2C(C(=O)O)CC3CCCCC32)ccnc1-c1ccccc1. The van der Waals surface area contributed by atoms with Crippen LogP contribution in [0.15, 0.2) is 42.6 Å². The number of anilines is 1. The topological polar surface area (TPSA) is 96.5 Å². The lowest BCUT2D eigenvalue weighted by Crippen LogP contribution is -2.46. The highest BCUT2D eigenvalue weighted by molar-refractivity contribution is 6.03. The van der Waals surface area contributed by atoms with Gasteiger partial charge < -0.3 is 15.7 Å². The second-order valence-corrected chi connectivity index (χ2v) is 7.40. The predicted octanol–water partition coefficient (Wildman–Crippen LogP) is 3.19. The van der Waals surface area contributed by atoms with E-state index in [1.165, 1.54) is 0 Å². The van der Waals surface area contributed by atoms with E-state index in [0.717, 1.165) is 31.2 Å². The van der Waals surface area contributed by atoms with E-state index in [2.05, 4.69) is 4.98 Å². The molecule has 1 saturated carbocycles. The molecule has 1 aliphatic heterocycles. The van der Waals surface area contributed by atoms with Gasteiger partial charge in [-0.1, -0.05) is 43.2 Å². The van der Waals surface area contributed by atoms with Gasteiger partial charge in [0.1, 0.15) is 6.04 Å². The molecule has 6 nitrogen and oxygen atoms in total. The van der Waals surface area contributed by atoms with Gasteiger partial charge in [0.25, 0.3) is 5.91 Å². The quantitative estimate of drug-likeness (QED) is 0.871. The second kappa shape index (κ2) is 7.02. The summed E-state index contributed by atoms with van der Waals surface area (Å²) in [5.41, 5.74) is 8.33. The summed E-state index contributed by atoms with van der Waals surface area (Å²) in [6, 6.07) is 10.3. The standard InChI is InChI=1S/C21H23N3O3/c22-18-15(10-11-23-19(18)13-6-2-1-3-7-13)20(25)24-16-9-5-4-8-14(16)12-17(24)21(26)27/h1-3,6-7,10-11,14,16-17H,4-5,8-9,12,22H2,(H,26,27). The number of fused-ring (bicyclic) bond motifs is 1. The molecule has 1 amide bonds. The zero-order valence-corrected chi connectivity index (χ0v) is 15.0. The molecule has 0 radical (unpaired) electrons. The Balaban J connectivity index is 1.72. The van der Waals surface area contributed by atoms with Crippen molar-refractivity contribution >= 4 is 17.6 Å². The molecule has 4 rings (SSSR count). The molecule has 1 aromatic carbocycles. The maximum absolute atomic E-state index is 13.4. The lowest BCUT2D eigenvalue weighted by molar-refractivity contribution is -0.141. The molecule has 0 bridgehead atoms. The summed E-state index contributed by atoms with van der Waals surface area (Å²) < 4.78 is 0. The third kappa shape index (κ3) is 3.05. The van der Waals surface area contributed by atoms with Gasteiger partial charge >= 0.3 is 5.97 Å². The lowest BCUT2D eigenvalue weighted by atomic mass is 9.84. The molecule has 2 heterocycles. The minimum absolute atomic E-state index is 0.0138. The Labute approximate surface area is 158 Å². The number of nitrogens with two attached hydrogens (primary N) is 1. The van der Waals surface area contributed by atoms with Gasteiger partial charge in [-0.3, -0.25) is 9.78 Å². The number of carboxylic acids is 1. The zero-order chi connectivity index (χ0) is 19.0. The summed E-state index contributed by atoms with van der Waals surface area (Å²) in [5.74, 6) is -0.969. The van der Waals surface area contributed by atoms with Crippen molar-refractivity contribution in [2.45, 2.75) is 44.2 Å². The van der Waals surface area contributed by atoms with Crippen LogP contribution in [-0.2, 0) is 4.79 Å². The van der Waals surface area contributed by atoms with Gasteiger partial charge in [0.15, 0.2) is 0 Å². The van der Waals surface area contributed by atoms with Crippen LogP contribution in [0, 0.1) is 5.92 Å². The van der Waals surface area contributed by atoms with Crippen LogP contribution in [-0.4, -0.2) is 39.0 Å². The largest absolute Gasteiger partial charge is 0.480 e. The van der Waals surface area contributed by atoms with Crippen LogP contribution in [0.2, 0.25) is 0 Å². The normalized spacial score (nSPS) is 24.4. The van der Waals surface area contributed by atoms with Crippen molar-refractivity contribution in [2.24, 2.45) is 5.92 Å². The smallest absolute Gasteiger partial charge is 0.326 e. The van der Waals surface area contributed by atoms with Crippen molar-refractivity contribution in [3.05, 3.63) is 48.2 Å². The van der Waals surface area contributed by atoms with Crippen LogP contribution in [0.5, 0.6) is 0 Å². The number of carbonyl (C=O) groups is 2. The van der Waals surface area contributed by atoms with Crippen LogP contribution in [0.1, 0.15) is 42.5 Å². The number of aliphatic carboxylic acids is 1. The number of pyridine rings is 1. The van der Waals surface area contributed by atoms with E-state index >= 15 is 0 Å². The van der Waals surface area contributed by atoms with E-state index < -0.39 is 12.0 Å². The maximum atomic E-state index is 13.4. The Morgan fingerprint density at radius 1 is 1.11 bits per heavy atom. The van der Waals surface area contributed by atoms with Gasteiger partial charge in [0, 0.05) is 17.8 Å². The van der Waals surface area contributed by atoms with Crippen LogP contribution >= 0.6 is 0 Å². The second-order valence-electron chi connectivity index (χ2n) is 7.40. The van der Waals surface area contributed by atoms with Crippen molar-refractivity contribution in [3.63, 3.8) is 0 Å². The van der Waals surface area contributed by atoms with E-state index in [1.54, 1.807) is 17.2 Å². The van der Waals surface area contributed by atoms with Crippen molar-refractivity contribution in [3.8, 4) is 11.3 Å². The first kappa shape index (κ1) is 17.5. The van der Waals surface area contributed by atoms with Gasteiger partial charge in [0.2, 0.25) is 0 Å². The number of likely N-dealkylation sites (tertiary alicyclic amines) is 1. The number of rotatable bonds is 3. The van der Waals surface area contributed by atoms with E-state index in [9.17, 15) is 14.7 Å². The molecule has 3 atom stereocenters. The van der Waals surface area contributed by atoms with Gasteiger partial charge in [-0.2, -0.15) is 0 Å². The Morgan fingerprint density at radius 3 is 2.59 bits per heavy atom.